The summed E-state index contributed by atoms with van der Waals surface area (Å²) in [6, 6.07) is 2.43. The summed E-state index contributed by atoms with van der Waals surface area (Å²) in [5.74, 6) is -0.568. The van der Waals surface area contributed by atoms with Gasteiger partial charge in [-0.1, -0.05) is 30.1 Å². The van der Waals surface area contributed by atoms with Crippen molar-refractivity contribution >= 4 is 39.2 Å². The van der Waals surface area contributed by atoms with Crippen LogP contribution in [0.2, 0.25) is 10.0 Å². The van der Waals surface area contributed by atoms with Crippen molar-refractivity contribution in [1.82, 2.24) is 4.72 Å². The van der Waals surface area contributed by atoms with Gasteiger partial charge in [0.15, 0.2) is 0 Å². The lowest BCUT2D eigenvalue weighted by Gasteiger charge is -2.14. The van der Waals surface area contributed by atoms with Crippen LogP contribution in [0.25, 0.3) is 0 Å². The first-order valence-corrected chi connectivity index (χ1v) is 8.69. The fourth-order valence-corrected chi connectivity index (χ4v) is 4.15. The van der Waals surface area contributed by atoms with Crippen molar-refractivity contribution in [1.29, 1.82) is 0 Å². The lowest BCUT2D eigenvalue weighted by atomic mass is 10.1. The van der Waals surface area contributed by atoms with Crippen molar-refractivity contribution in [2.45, 2.75) is 24.7 Å². The lowest BCUT2D eigenvalue weighted by Crippen LogP contribution is -2.29. The van der Waals surface area contributed by atoms with Gasteiger partial charge in [-0.2, -0.15) is 0 Å². The molecule has 0 saturated heterocycles. The minimum Gasteiger partial charge on any atom is -0.478 e. The molecule has 1 fully saturated rings. The normalized spacial score (nSPS) is 16.7. The van der Waals surface area contributed by atoms with Crippen LogP contribution in [0.1, 0.15) is 30.1 Å². The van der Waals surface area contributed by atoms with E-state index in [1.165, 1.54) is 12.1 Å². The Morgan fingerprint density at radius 2 is 2.05 bits per heavy atom. The van der Waals surface area contributed by atoms with Crippen LogP contribution in [0, 0.1) is 11.8 Å². The Labute approximate surface area is 133 Å². The molecule has 2 rings (SSSR count). The van der Waals surface area contributed by atoms with E-state index in [-0.39, 0.29) is 20.9 Å². The molecular formula is C13H15Cl2NO4S. The smallest absolute Gasteiger partial charge is 0.338 e. The Morgan fingerprint density at radius 1 is 1.43 bits per heavy atom. The molecule has 0 heterocycles. The highest BCUT2D eigenvalue weighted by molar-refractivity contribution is 7.89. The Balaban J connectivity index is 2.27. The zero-order valence-electron chi connectivity index (χ0n) is 11.3. The van der Waals surface area contributed by atoms with Gasteiger partial charge in [0.1, 0.15) is 4.90 Å². The van der Waals surface area contributed by atoms with Crippen molar-refractivity contribution in [3.8, 4) is 0 Å². The first kappa shape index (κ1) is 16.5. The summed E-state index contributed by atoms with van der Waals surface area (Å²) in [6.45, 7) is 2.28. The van der Waals surface area contributed by atoms with Crippen LogP contribution in [0.3, 0.4) is 0 Å². The van der Waals surface area contributed by atoms with Crippen LogP contribution in [-0.2, 0) is 10.0 Å². The quantitative estimate of drug-likeness (QED) is 0.824. The van der Waals surface area contributed by atoms with E-state index in [9.17, 15) is 13.2 Å². The second-order valence-electron chi connectivity index (χ2n) is 5.21. The Kier molecular flexibility index (Phi) is 4.82. The van der Waals surface area contributed by atoms with Gasteiger partial charge < -0.3 is 5.11 Å². The van der Waals surface area contributed by atoms with Crippen LogP contribution in [0.5, 0.6) is 0 Å². The average Bonchev–Trinajstić information content (AvgIpc) is 3.19. The van der Waals surface area contributed by atoms with Crippen molar-refractivity contribution in [3.05, 3.63) is 27.7 Å². The SMILES string of the molecule is CC(CNS(=O)(=O)c1ccc(Cl)c(C(=O)O)c1Cl)C1CC1. The van der Waals surface area contributed by atoms with E-state index >= 15 is 0 Å². The highest BCUT2D eigenvalue weighted by Crippen LogP contribution is 2.36. The molecule has 2 N–H and O–H groups in total. The van der Waals surface area contributed by atoms with Crippen molar-refractivity contribution in [2.75, 3.05) is 6.54 Å². The molecule has 21 heavy (non-hydrogen) atoms. The number of halogens is 2. The zero-order valence-corrected chi connectivity index (χ0v) is 13.6. The van der Waals surface area contributed by atoms with Gasteiger partial charge in [-0.05, 0) is 36.8 Å². The number of sulfonamides is 1. The van der Waals surface area contributed by atoms with Crippen LogP contribution in [0.15, 0.2) is 17.0 Å². The largest absolute Gasteiger partial charge is 0.478 e. The van der Waals surface area contributed by atoms with E-state index in [1.54, 1.807) is 0 Å². The molecule has 0 spiro atoms. The minimum absolute atomic E-state index is 0.0993. The van der Waals surface area contributed by atoms with Gasteiger partial charge in [0.05, 0.1) is 15.6 Å². The summed E-state index contributed by atoms with van der Waals surface area (Å²) in [5, 5.41) is 8.58. The van der Waals surface area contributed by atoms with Gasteiger partial charge in [0.25, 0.3) is 0 Å². The van der Waals surface area contributed by atoms with Crippen molar-refractivity contribution in [2.24, 2.45) is 11.8 Å². The van der Waals surface area contributed by atoms with E-state index < -0.39 is 21.6 Å². The Morgan fingerprint density at radius 3 is 2.57 bits per heavy atom. The third kappa shape index (κ3) is 3.69. The van der Waals surface area contributed by atoms with E-state index in [4.69, 9.17) is 28.3 Å². The van der Waals surface area contributed by atoms with E-state index in [0.717, 1.165) is 12.8 Å². The van der Waals surface area contributed by atoms with Crippen molar-refractivity contribution in [3.63, 3.8) is 0 Å². The van der Waals surface area contributed by atoms with Gasteiger partial charge in [0, 0.05) is 6.54 Å². The number of hydrogen-bond donors (Lipinski definition) is 2. The van der Waals surface area contributed by atoms with Crippen molar-refractivity contribution < 1.29 is 18.3 Å². The molecule has 1 saturated carbocycles. The standard InChI is InChI=1S/C13H15Cl2NO4S/c1-7(8-2-3-8)6-16-21(19,20)10-5-4-9(14)11(12(10)15)13(17)18/h4-5,7-8,16H,2-3,6H2,1H3,(H,17,18). The van der Waals surface area contributed by atoms with Crippen LogP contribution < -0.4 is 4.72 Å². The van der Waals surface area contributed by atoms with Gasteiger partial charge in [-0.15, -0.1) is 0 Å². The monoisotopic (exact) mass is 351 g/mol. The summed E-state index contributed by atoms with van der Waals surface area (Å²) in [5.41, 5.74) is -0.406. The van der Waals surface area contributed by atoms with E-state index in [1.807, 2.05) is 6.92 Å². The molecule has 0 aliphatic heterocycles. The number of carbonyl (C=O) groups is 1. The molecule has 116 valence electrons. The predicted octanol–water partition coefficient (Wildman–Crippen LogP) is 3.02. The second kappa shape index (κ2) is 6.12. The zero-order chi connectivity index (χ0) is 15.8. The summed E-state index contributed by atoms with van der Waals surface area (Å²) in [7, 11) is -3.87. The second-order valence-corrected chi connectivity index (χ2v) is 7.73. The van der Waals surface area contributed by atoms with E-state index in [0.29, 0.717) is 12.5 Å². The average molecular weight is 352 g/mol. The number of hydrogen-bond acceptors (Lipinski definition) is 3. The number of carboxylic acid groups (broad SMARTS) is 1. The fraction of sp³-hybridized carbons (Fsp3) is 0.462. The fourth-order valence-electron chi connectivity index (χ4n) is 2.09. The number of aromatic carboxylic acids is 1. The number of benzene rings is 1. The maximum atomic E-state index is 12.3. The van der Waals surface area contributed by atoms with Gasteiger partial charge in [0.2, 0.25) is 10.0 Å². The highest BCUT2D eigenvalue weighted by Gasteiger charge is 2.30. The molecule has 0 radical (unpaired) electrons. The Hall–Kier alpha value is -0.820. The lowest BCUT2D eigenvalue weighted by molar-refractivity contribution is 0.0697. The van der Waals surface area contributed by atoms with Crippen LogP contribution >= 0.6 is 23.2 Å². The molecular weight excluding hydrogens is 337 g/mol. The molecule has 0 bridgehead atoms. The highest BCUT2D eigenvalue weighted by atomic mass is 35.5. The summed E-state index contributed by atoms with van der Waals surface area (Å²) < 4.78 is 27.0. The Bertz CT molecular complexity index is 671. The minimum atomic E-state index is -3.87. The third-order valence-corrected chi connectivity index (χ3v) is 5.87. The molecule has 1 aromatic rings. The first-order valence-electron chi connectivity index (χ1n) is 6.45. The topological polar surface area (TPSA) is 83.5 Å². The van der Waals surface area contributed by atoms with Crippen LogP contribution in [0.4, 0.5) is 0 Å². The third-order valence-electron chi connectivity index (χ3n) is 3.58. The maximum absolute atomic E-state index is 12.3. The summed E-state index contributed by atoms with van der Waals surface area (Å²) in [4.78, 5) is 10.8. The maximum Gasteiger partial charge on any atom is 0.338 e. The van der Waals surface area contributed by atoms with Crippen LogP contribution in [-0.4, -0.2) is 26.0 Å². The summed E-state index contributed by atoms with van der Waals surface area (Å²) >= 11 is 11.6. The molecule has 1 aliphatic rings. The number of carboxylic acids is 1. The van der Waals surface area contributed by atoms with E-state index in [2.05, 4.69) is 4.72 Å². The van der Waals surface area contributed by atoms with Gasteiger partial charge >= 0.3 is 5.97 Å². The van der Waals surface area contributed by atoms with Gasteiger partial charge in [-0.25, -0.2) is 17.9 Å². The predicted molar refractivity (Wildman–Crippen MR) is 80.5 cm³/mol. The number of rotatable bonds is 6. The number of nitrogens with one attached hydrogen (secondary N) is 1. The molecule has 8 heteroatoms. The molecule has 0 amide bonds. The molecule has 0 aromatic heterocycles. The molecule has 1 unspecified atom stereocenters. The molecule has 5 nitrogen and oxygen atoms in total. The molecule has 1 aromatic carbocycles. The molecule has 1 aliphatic carbocycles. The van der Waals surface area contributed by atoms with Gasteiger partial charge in [-0.3, -0.25) is 0 Å². The summed E-state index contributed by atoms with van der Waals surface area (Å²) in [6.07, 6.45) is 2.24. The molecule has 1 atom stereocenters. The first-order chi connectivity index (χ1) is 9.74.